The van der Waals surface area contributed by atoms with E-state index in [1.165, 1.54) is 0 Å². The van der Waals surface area contributed by atoms with E-state index in [4.69, 9.17) is 17.3 Å². The molecule has 1 heterocycles. The van der Waals surface area contributed by atoms with Gasteiger partial charge in [0.1, 0.15) is 11.4 Å². The van der Waals surface area contributed by atoms with Crippen LogP contribution in [0.2, 0.25) is 5.02 Å². The predicted octanol–water partition coefficient (Wildman–Crippen LogP) is 3.36. The van der Waals surface area contributed by atoms with Crippen molar-refractivity contribution in [1.82, 2.24) is 9.55 Å². The molecule has 4 nitrogen and oxygen atoms in total. The summed E-state index contributed by atoms with van der Waals surface area (Å²) in [5.41, 5.74) is 6.91. The first-order chi connectivity index (χ1) is 9.86. The molecule has 1 fully saturated rings. The minimum absolute atomic E-state index is 0.302. The Labute approximate surface area is 129 Å². The molecule has 0 saturated heterocycles. The summed E-state index contributed by atoms with van der Waals surface area (Å²) in [5, 5.41) is 11.1. The number of aromatic nitrogens is 2. The first kappa shape index (κ1) is 14.8. The average Bonchev–Trinajstić information content (AvgIpc) is 2.78. The van der Waals surface area contributed by atoms with Gasteiger partial charge in [0, 0.05) is 17.1 Å². The van der Waals surface area contributed by atoms with Crippen molar-refractivity contribution in [1.29, 1.82) is 0 Å². The lowest BCUT2D eigenvalue weighted by molar-refractivity contribution is 0.0622. The second-order valence-corrected chi connectivity index (χ2v) is 7.00. The second-order valence-electron chi connectivity index (χ2n) is 6.57. The van der Waals surface area contributed by atoms with Gasteiger partial charge in [0.25, 0.3) is 0 Å². The highest BCUT2D eigenvalue weighted by Crippen LogP contribution is 2.35. The van der Waals surface area contributed by atoms with Crippen LogP contribution in [0, 0.1) is 0 Å². The third-order valence-corrected chi connectivity index (χ3v) is 4.54. The molecule has 3 rings (SSSR count). The summed E-state index contributed by atoms with van der Waals surface area (Å²) in [6, 6.07) is 6.38. The summed E-state index contributed by atoms with van der Waals surface area (Å²) in [6.45, 7) is 3.56. The van der Waals surface area contributed by atoms with E-state index < -0.39 is 5.60 Å². The quantitative estimate of drug-likeness (QED) is 0.894. The third kappa shape index (κ3) is 2.80. The molecule has 1 aliphatic rings. The van der Waals surface area contributed by atoms with Gasteiger partial charge >= 0.3 is 0 Å². The van der Waals surface area contributed by atoms with Crippen molar-refractivity contribution < 1.29 is 5.11 Å². The number of rotatable bonds is 2. The number of imidazole rings is 1. The van der Waals surface area contributed by atoms with E-state index in [9.17, 15) is 5.11 Å². The van der Waals surface area contributed by atoms with Gasteiger partial charge in [0.05, 0.1) is 11.0 Å². The molecule has 21 heavy (non-hydrogen) atoms. The molecule has 1 aliphatic carbocycles. The lowest BCUT2D eigenvalue weighted by Gasteiger charge is -2.31. The third-order valence-electron chi connectivity index (χ3n) is 4.31. The number of nitrogens with two attached hydrogens (primary N) is 1. The van der Waals surface area contributed by atoms with E-state index in [0.717, 1.165) is 36.7 Å². The van der Waals surface area contributed by atoms with Gasteiger partial charge in [0.15, 0.2) is 0 Å². The van der Waals surface area contributed by atoms with E-state index in [-0.39, 0.29) is 0 Å². The maximum atomic E-state index is 10.5. The zero-order valence-electron chi connectivity index (χ0n) is 12.5. The van der Waals surface area contributed by atoms with Crippen molar-refractivity contribution in [3.05, 3.63) is 29.0 Å². The maximum absolute atomic E-state index is 10.5. The minimum atomic E-state index is -0.981. The van der Waals surface area contributed by atoms with Crippen molar-refractivity contribution in [2.24, 2.45) is 5.73 Å². The topological polar surface area (TPSA) is 64.1 Å². The standard InChI is InChI=1S/C16H22ClN3O/c1-16(2,21)15-19-13-9-10(17)3-8-14(13)20(15)12-6-4-11(18)5-7-12/h3,8-9,11-12,21H,4-7,18H2,1-2H3/t11-,12-. The van der Waals surface area contributed by atoms with E-state index in [1.807, 2.05) is 18.2 Å². The largest absolute Gasteiger partial charge is 0.383 e. The van der Waals surface area contributed by atoms with Crippen molar-refractivity contribution in [3.8, 4) is 0 Å². The Morgan fingerprint density at radius 3 is 2.57 bits per heavy atom. The van der Waals surface area contributed by atoms with Crippen LogP contribution in [0.5, 0.6) is 0 Å². The molecule has 1 aromatic heterocycles. The van der Waals surface area contributed by atoms with Gasteiger partial charge in [-0.3, -0.25) is 0 Å². The molecule has 0 atom stereocenters. The van der Waals surface area contributed by atoms with Crippen LogP contribution in [0.4, 0.5) is 0 Å². The fourth-order valence-corrected chi connectivity index (χ4v) is 3.40. The Balaban J connectivity index is 2.14. The first-order valence-electron chi connectivity index (χ1n) is 7.52. The lowest BCUT2D eigenvalue weighted by Crippen LogP contribution is -2.30. The van der Waals surface area contributed by atoms with Gasteiger partial charge in [-0.1, -0.05) is 11.6 Å². The van der Waals surface area contributed by atoms with Gasteiger partial charge in [-0.05, 0) is 57.7 Å². The summed E-state index contributed by atoms with van der Waals surface area (Å²) in [4.78, 5) is 4.64. The molecule has 1 aromatic carbocycles. The van der Waals surface area contributed by atoms with Gasteiger partial charge in [-0.25, -0.2) is 4.98 Å². The molecule has 0 spiro atoms. The Bertz CT molecular complexity index is 651. The molecular formula is C16H22ClN3O. The monoisotopic (exact) mass is 307 g/mol. The van der Waals surface area contributed by atoms with Crippen LogP contribution >= 0.6 is 11.6 Å². The van der Waals surface area contributed by atoms with Crippen molar-refractivity contribution in [2.45, 2.75) is 57.2 Å². The summed E-state index contributed by atoms with van der Waals surface area (Å²) >= 11 is 6.07. The first-order valence-corrected chi connectivity index (χ1v) is 7.90. The van der Waals surface area contributed by atoms with Crippen LogP contribution in [0.3, 0.4) is 0 Å². The number of hydrogen-bond donors (Lipinski definition) is 2. The molecule has 0 radical (unpaired) electrons. The van der Waals surface area contributed by atoms with E-state index in [2.05, 4.69) is 9.55 Å². The highest BCUT2D eigenvalue weighted by molar-refractivity contribution is 6.31. The van der Waals surface area contributed by atoms with Gasteiger partial charge < -0.3 is 15.4 Å². The SMILES string of the molecule is CC(C)(O)c1nc2cc(Cl)ccc2n1[C@H]1CC[C@H](N)CC1. The fourth-order valence-electron chi connectivity index (χ4n) is 3.23. The minimum Gasteiger partial charge on any atom is -0.383 e. The van der Waals surface area contributed by atoms with Crippen molar-refractivity contribution in [3.63, 3.8) is 0 Å². The summed E-state index contributed by atoms with van der Waals surface area (Å²) < 4.78 is 2.19. The van der Waals surface area contributed by atoms with Crippen LogP contribution in [-0.4, -0.2) is 20.7 Å². The zero-order valence-corrected chi connectivity index (χ0v) is 13.3. The highest BCUT2D eigenvalue weighted by Gasteiger charge is 2.30. The number of halogens is 1. The Morgan fingerprint density at radius 2 is 1.95 bits per heavy atom. The van der Waals surface area contributed by atoms with Gasteiger partial charge in [-0.15, -0.1) is 0 Å². The molecule has 1 saturated carbocycles. The van der Waals surface area contributed by atoms with E-state index in [0.29, 0.717) is 22.9 Å². The van der Waals surface area contributed by atoms with Crippen molar-refractivity contribution in [2.75, 3.05) is 0 Å². The number of fused-ring (bicyclic) bond motifs is 1. The van der Waals surface area contributed by atoms with Gasteiger partial charge in [0.2, 0.25) is 0 Å². The van der Waals surface area contributed by atoms with Crippen LogP contribution in [0.1, 0.15) is 51.4 Å². The molecule has 0 aliphatic heterocycles. The number of hydrogen-bond acceptors (Lipinski definition) is 3. The summed E-state index contributed by atoms with van der Waals surface area (Å²) in [7, 11) is 0. The van der Waals surface area contributed by atoms with Crippen LogP contribution in [0.25, 0.3) is 11.0 Å². The van der Waals surface area contributed by atoms with Crippen LogP contribution in [-0.2, 0) is 5.60 Å². The van der Waals surface area contributed by atoms with Crippen LogP contribution < -0.4 is 5.73 Å². The number of aliphatic hydroxyl groups is 1. The smallest absolute Gasteiger partial charge is 0.141 e. The van der Waals surface area contributed by atoms with E-state index >= 15 is 0 Å². The second kappa shape index (κ2) is 5.27. The highest BCUT2D eigenvalue weighted by atomic mass is 35.5. The lowest BCUT2D eigenvalue weighted by atomic mass is 9.91. The molecule has 5 heteroatoms. The normalized spacial score (nSPS) is 23.7. The molecule has 2 aromatic rings. The Kier molecular flexibility index (Phi) is 3.72. The number of benzene rings is 1. The fraction of sp³-hybridized carbons (Fsp3) is 0.562. The maximum Gasteiger partial charge on any atom is 0.141 e. The van der Waals surface area contributed by atoms with Crippen LogP contribution in [0.15, 0.2) is 18.2 Å². The van der Waals surface area contributed by atoms with E-state index in [1.54, 1.807) is 13.8 Å². The number of nitrogens with zero attached hydrogens (tertiary/aromatic N) is 2. The molecule has 0 unspecified atom stereocenters. The van der Waals surface area contributed by atoms with Gasteiger partial charge in [-0.2, -0.15) is 0 Å². The molecule has 114 valence electrons. The summed E-state index contributed by atoms with van der Waals surface area (Å²) in [5.74, 6) is 0.709. The zero-order chi connectivity index (χ0) is 15.2. The predicted molar refractivity (Wildman–Crippen MR) is 85.5 cm³/mol. The summed E-state index contributed by atoms with van der Waals surface area (Å²) in [6.07, 6.45) is 4.09. The molecule has 3 N–H and O–H groups in total. The Hall–Kier alpha value is -1.10. The van der Waals surface area contributed by atoms with Crippen molar-refractivity contribution >= 4 is 22.6 Å². The molecule has 0 bridgehead atoms. The average molecular weight is 308 g/mol. The Morgan fingerprint density at radius 1 is 1.29 bits per heavy atom. The molecular weight excluding hydrogens is 286 g/mol. The molecule has 0 amide bonds.